The van der Waals surface area contributed by atoms with Gasteiger partial charge in [0.1, 0.15) is 6.10 Å². The van der Waals surface area contributed by atoms with E-state index in [4.69, 9.17) is 10.8 Å². The van der Waals surface area contributed by atoms with Crippen LogP contribution in [0.3, 0.4) is 0 Å². The third-order valence-corrected chi connectivity index (χ3v) is 3.49. The number of carbonyl (C=O) groups is 1. The highest BCUT2D eigenvalue weighted by Gasteiger charge is 2.21. The van der Waals surface area contributed by atoms with Crippen LogP contribution in [0.1, 0.15) is 18.1 Å². The van der Waals surface area contributed by atoms with E-state index in [0.717, 1.165) is 11.3 Å². The molecule has 0 amide bonds. The summed E-state index contributed by atoms with van der Waals surface area (Å²) in [6.07, 6.45) is -3.08. The summed E-state index contributed by atoms with van der Waals surface area (Å²) >= 11 is 1.33. The highest BCUT2D eigenvalue weighted by molar-refractivity contribution is 7.13. The smallest absolute Gasteiger partial charge is 0.306 e. The van der Waals surface area contributed by atoms with Crippen molar-refractivity contribution in [2.24, 2.45) is 0 Å². The molecule has 0 aliphatic carbocycles. The minimum absolute atomic E-state index is 0.450. The molecule has 0 fully saturated rings. The van der Waals surface area contributed by atoms with Gasteiger partial charge in [0.05, 0.1) is 18.2 Å². The number of benzene rings is 1. The summed E-state index contributed by atoms with van der Waals surface area (Å²) in [6.45, 7) is 0. The zero-order chi connectivity index (χ0) is 14.7. The number of carboxylic acids is 1. The highest BCUT2D eigenvalue weighted by Crippen LogP contribution is 2.26. The second kappa shape index (κ2) is 6.00. The summed E-state index contributed by atoms with van der Waals surface area (Å²) < 4.78 is 0. The molecule has 2 rings (SSSR count). The van der Waals surface area contributed by atoms with E-state index in [2.05, 4.69) is 4.98 Å². The van der Waals surface area contributed by atoms with E-state index in [1.807, 2.05) is 5.38 Å². The summed E-state index contributed by atoms with van der Waals surface area (Å²) in [5.74, 6) is -1.16. The van der Waals surface area contributed by atoms with Crippen molar-refractivity contribution in [1.29, 1.82) is 0 Å². The van der Waals surface area contributed by atoms with Crippen LogP contribution in [0.15, 0.2) is 29.6 Å². The number of rotatable bonds is 5. The van der Waals surface area contributed by atoms with Gasteiger partial charge in [-0.15, -0.1) is 11.3 Å². The maximum atomic E-state index is 10.5. The lowest BCUT2D eigenvalue weighted by Crippen LogP contribution is -2.21. The van der Waals surface area contributed by atoms with Crippen LogP contribution < -0.4 is 5.73 Å². The quantitative estimate of drug-likeness (QED) is 0.659. The first-order chi connectivity index (χ1) is 9.47. The Balaban J connectivity index is 2.13. The summed E-state index contributed by atoms with van der Waals surface area (Å²) in [5.41, 5.74) is 7.58. The van der Waals surface area contributed by atoms with E-state index in [1.54, 1.807) is 24.3 Å². The summed E-state index contributed by atoms with van der Waals surface area (Å²) in [4.78, 5) is 14.6. The molecule has 0 saturated heterocycles. The Morgan fingerprint density at radius 2 is 1.95 bits per heavy atom. The number of nitrogens with two attached hydrogens (primary N) is 1. The molecule has 1 aromatic carbocycles. The number of thiazole rings is 1. The van der Waals surface area contributed by atoms with Gasteiger partial charge in [-0.3, -0.25) is 4.79 Å². The fraction of sp³-hybridized carbons (Fsp3) is 0.231. The molecule has 7 heteroatoms. The van der Waals surface area contributed by atoms with Gasteiger partial charge < -0.3 is 21.1 Å². The molecule has 0 spiro atoms. The molecule has 0 bridgehead atoms. The van der Waals surface area contributed by atoms with Crippen molar-refractivity contribution in [2.45, 2.75) is 18.6 Å². The summed E-state index contributed by atoms with van der Waals surface area (Å²) in [6, 6.07) is 6.72. The van der Waals surface area contributed by atoms with E-state index >= 15 is 0 Å². The van der Waals surface area contributed by atoms with Crippen LogP contribution in [0.5, 0.6) is 0 Å². The highest BCUT2D eigenvalue weighted by atomic mass is 32.1. The number of nitrogens with zero attached hydrogens (tertiary/aromatic N) is 1. The standard InChI is InChI=1S/C13H14N2O4S/c14-13-15-9(6-20-13)7-1-3-8(4-2-7)12(19)10(16)5-11(17)18/h1-4,6,10,12,16,19H,5H2,(H2,14,15)(H,17,18). The van der Waals surface area contributed by atoms with Gasteiger partial charge in [-0.1, -0.05) is 24.3 Å². The lowest BCUT2D eigenvalue weighted by molar-refractivity contribution is -0.141. The summed E-state index contributed by atoms with van der Waals surface area (Å²) in [7, 11) is 0. The first-order valence-corrected chi connectivity index (χ1v) is 6.74. The molecule has 2 aromatic rings. The molecule has 1 heterocycles. The lowest BCUT2D eigenvalue weighted by atomic mass is 10.0. The number of carboxylic acid groups (broad SMARTS) is 1. The number of hydrogen-bond acceptors (Lipinski definition) is 6. The Hall–Kier alpha value is -1.96. The minimum Gasteiger partial charge on any atom is -0.481 e. The zero-order valence-electron chi connectivity index (χ0n) is 10.4. The average molecular weight is 294 g/mol. The van der Waals surface area contributed by atoms with Gasteiger partial charge in [0, 0.05) is 10.9 Å². The second-order valence-corrected chi connectivity index (χ2v) is 5.19. The molecule has 0 aliphatic heterocycles. The first-order valence-electron chi connectivity index (χ1n) is 5.86. The molecule has 20 heavy (non-hydrogen) atoms. The Kier molecular flexibility index (Phi) is 4.33. The molecular weight excluding hydrogens is 280 g/mol. The van der Waals surface area contributed by atoms with Crippen LogP contribution in [0.4, 0.5) is 5.13 Å². The molecule has 2 atom stereocenters. The maximum absolute atomic E-state index is 10.5. The van der Waals surface area contributed by atoms with Crippen molar-refractivity contribution in [3.05, 3.63) is 35.2 Å². The molecule has 6 nitrogen and oxygen atoms in total. The third-order valence-electron chi connectivity index (χ3n) is 2.82. The van der Waals surface area contributed by atoms with Crippen LogP contribution in [0.2, 0.25) is 0 Å². The lowest BCUT2D eigenvalue weighted by Gasteiger charge is -2.16. The predicted octanol–water partition coefficient (Wildman–Crippen LogP) is 1.26. The van der Waals surface area contributed by atoms with Crippen LogP contribution in [-0.2, 0) is 4.79 Å². The van der Waals surface area contributed by atoms with Gasteiger partial charge >= 0.3 is 5.97 Å². The Bertz CT molecular complexity index is 597. The van der Waals surface area contributed by atoms with Crippen LogP contribution >= 0.6 is 11.3 Å². The molecule has 5 N–H and O–H groups in total. The Morgan fingerprint density at radius 3 is 2.45 bits per heavy atom. The second-order valence-electron chi connectivity index (χ2n) is 4.30. The number of hydrogen-bond donors (Lipinski definition) is 4. The van der Waals surface area contributed by atoms with E-state index in [9.17, 15) is 15.0 Å². The van der Waals surface area contributed by atoms with Crippen molar-refractivity contribution >= 4 is 22.4 Å². The zero-order valence-corrected chi connectivity index (χ0v) is 11.2. The van der Waals surface area contributed by atoms with E-state index in [1.165, 1.54) is 11.3 Å². The monoisotopic (exact) mass is 294 g/mol. The molecule has 0 saturated carbocycles. The Morgan fingerprint density at radius 1 is 1.30 bits per heavy atom. The summed E-state index contributed by atoms with van der Waals surface area (Å²) in [5, 5.41) is 30.3. The van der Waals surface area contributed by atoms with Gasteiger partial charge in [-0.2, -0.15) is 0 Å². The number of anilines is 1. The van der Waals surface area contributed by atoms with E-state index in [-0.39, 0.29) is 0 Å². The van der Waals surface area contributed by atoms with Crippen LogP contribution in [0.25, 0.3) is 11.3 Å². The van der Waals surface area contributed by atoms with Crippen molar-refractivity contribution in [3.8, 4) is 11.3 Å². The minimum atomic E-state index is -1.34. The van der Waals surface area contributed by atoms with Gasteiger partial charge in [-0.05, 0) is 5.56 Å². The molecule has 1 aromatic heterocycles. The number of aliphatic hydroxyl groups is 2. The van der Waals surface area contributed by atoms with Gasteiger partial charge in [-0.25, -0.2) is 4.98 Å². The molecular formula is C13H14N2O4S. The van der Waals surface area contributed by atoms with Crippen molar-refractivity contribution in [2.75, 3.05) is 5.73 Å². The van der Waals surface area contributed by atoms with Gasteiger partial charge in [0.15, 0.2) is 5.13 Å². The van der Waals surface area contributed by atoms with Crippen molar-refractivity contribution in [1.82, 2.24) is 4.98 Å². The maximum Gasteiger partial charge on any atom is 0.306 e. The van der Waals surface area contributed by atoms with Crippen molar-refractivity contribution in [3.63, 3.8) is 0 Å². The molecule has 106 valence electrons. The number of aliphatic carboxylic acids is 1. The average Bonchev–Trinajstić information content (AvgIpc) is 2.84. The van der Waals surface area contributed by atoms with Gasteiger partial charge in [0.25, 0.3) is 0 Å². The van der Waals surface area contributed by atoms with Crippen LogP contribution in [0, 0.1) is 0 Å². The van der Waals surface area contributed by atoms with E-state index < -0.39 is 24.6 Å². The fourth-order valence-corrected chi connectivity index (χ4v) is 2.36. The third kappa shape index (κ3) is 3.32. The fourth-order valence-electron chi connectivity index (χ4n) is 1.78. The molecule has 2 unspecified atom stereocenters. The number of nitrogen functional groups attached to an aromatic ring is 1. The molecule has 0 radical (unpaired) electrons. The SMILES string of the molecule is Nc1nc(-c2ccc(C(O)C(O)CC(=O)O)cc2)cs1. The van der Waals surface area contributed by atoms with E-state index in [0.29, 0.717) is 10.7 Å². The van der Waals surface area contributed by atoms with Crippen LogP contribution in [-0.4, -0.2) is 32.4 Å². The first kappa shape index (κ1) is 14.4. The predicted molar refractivity (Wildman–Crippen MR) is 75.2 cm³/mol. The number of aromatic nitrogens is 1. The normalized spacial score (nSPS) is 13.9. The molecule has 0 aliphatic rings. The number of aliphatic hydroxyl groups excluding tert-OH is 2. The van der Waals surface area contributed by atoms with Gasteiger partial charge in [0.2, 0.25) is 0 Å². The Labute approximate surface area is 119 Å². The topological polar surface area (TPSA) is 117 Å². The largest absolute Gasteiger partial charge is 0.481 e. The van der Waals surface area contributed by atoms with Crippen molar-refractivity contribution < 1.29 is 20.1 Å².